The lowest BCUT2D eigenvalue weighted by Crippen LogP contribution is -2.32. The highest BCUT2D eigenvalue weighted by atomic mass is 32.2. The Morgan fingerprint density at radius 2 is 2.00 bits per heavy atom. The molecule has 2 N–H and O–H groups in total. The van der Waals surface area contributed by atoms with E-state index < -0.39 is 22.5 Å². The topological polar surface area (TPSA) is 92.7 Å². The van der Waals surface area contributed by atoms with Crippen LogP contribution in [0.4, 0.5) is 0 Å². The van der Waals surface area contributed by atoms with Crippen LogP contribution in [0.15, 0.2) is 0 Å². The van der Waals surface area contributed by atoms with E-state index in [9.17, 15) is 13.2 Å². The van der Waals surface area contributed by atoms with E-state index in [0.717, 1.165) is 12.8 Å². The van der Waals surface area contributed by atoms with Gasteiger partial charge in [-0.1, -0.05) is 0 Å². The van der Waals surface area contributed by atoms with E-state index in [1.54, 1.807) is 0 Å². The highest BCUT2D eigenvalue weighted by molar-refractivity contribution is 7.89. The normalized spacial score (nSPS) is 18.5. The van der Waals surface area contributed by atoms with E-state index in [1.165, 1.54) is 0 Å². The van der Waals surface area contributed by atoms with Gasteiger partial charge in [0.1, 0.15) is 6.54 Å². The zero-order valence-electron chi connectivity index (χ0n) is 9.02. The number of carbonyl (C=O) groups is 1. The molecule has 0 amide bonds. The molecule has 0 unspecified atom stereocenters. The molecule has 0 aromatic carbocycles. The fourth-order valence-corrected chi connectivity index (χ4v) is 2.73. The third-order valence-electron chi connectivity index (χ3n) is 2.58. The molecule has 6 nitrogen and oxygen atoms in total. The number of sulfonamides is 1. The first-order valence-corrected chi connectivity index (χ1v) is 6.92. The first-order chi connectivity index (χ1) is 7.49. The number of rotatable bonds is 6. The van der Waals surface area contributed by atoms with Crippen LogP contribution in [0.25, 0.3) is 0 Å². The summed E-state index contributed by atoms with van der Waals surface area (Å²) in [5.41, 5.74) is 0. The predicted molar refractivity (Wildman–Crippen MR) is 57.6 cm³/mol. The molecule has 94 valence electrons. The van der Waals surface area contributed by atoms with Gasteiger partial charge in [0.2, 0.25) is 10.0 Å². The maximum atomic E-state index is 11.4. The zero-order valence-corrected chi connectivity index (χ0v) is 9.83. The molecule has 0 saturated carbocycles. The molecule has 1 aliphatic heterocycles. The minimum Gasteiger partial charge on any atom is -0.480 e. The molecule has 0 bridgehead atoms. The van der Waals surface area contributed by atoms with Crippen molar-refractivity contribution in [2.75, 3.05) is 25.5 Å². The van der Waals surface area contributed by atoms with Gasteiger partial charge in [-0.25, -0.2) is 13.1 Å². The maximum Gasteiger partial charge on any atom is 0.318 e. The standard InChI is InChI=1S/C9H17NO5S/c11-9(12)7-10-16(13,14)6-3-8-1-4-15-5-2-8/h8,10H,1-7H2,(H,11,12). The molecule has 1 fully saturated rings. The summed E-state index contributed by atoms with van der Waals surface area (Å²) in [6.07, 6.45) is 2.33. The summed E-state index contributed by atoms with van der Waals surface area (Å²) >= 11 is 0. The lowest BCUT2D eigenvalue weighted by Gasteiger charge is -2.21. The van der Waals surface area contributed by atoms with E-state index in [1.807, 2.05) is 4.72 Å². The Labute approximate surface area is 95.0 Å². The molecular weight excluding hydrogens is 234 g/mol. The van der Waals surface area contributed by atoms with Crippen molar-refractivity contribution in [3.05, 3.63) is 0 Å². The van der Waals surface area contributed by atoms with Gasteiger partial charge in [-0.2, -0.15) is 0 Å². The van der Waals surface area contributed by atoms with Crippen LogP contribution in [0.5, 0.6) is 0 Å². The molecule has 0 aliphatic carbocycles. The first kappa shape index (κ1) is 13.4. The van der Waals surface area contributed by atoms with Crippen LogP contribution in [0.3, 0.4) is 0 Å². The van der Waals surface area contributed by atoms with Gasteiger partial charge < -0.3 is 9.84 Å². The number of aliphatic carboxylic acids is 1. The van der Waals surface area contributed by atoms with E-state index >= 15 is 0 Å². The predicted octanol–water partition coefficient (Wildman–Crippen LogP) is -0.193. The number of carboxylic acids is 1. The minimum absolute atomic E-state index is 0.00898. The van der Waals surface area contributed by atoms with Gasteiger partial charge in [0.05, 0.1) is 5.75 Å². The highest BCUT2D eigenvalue weighted by Crippen LogP contribution is 2.18. The SMILES string of the molecule is O=C(O)CNS(=O)(=O)CCC1CCOCC1. The van der Waals surface area contributed by atoms with Crippen LogP contribution < -0.4 is 4.72 Å². The van der Waals surface area contributed by atoms with Crippen LogP contribution >= 0.6 is 0 Å². The summed E-state index contributed by atoms with van der Waals surface area (Å²) in [6, 6.07) is 0. The van der Waals surface area contributed by atoms with Crippen LogP contribution in [0.2, 0.25) is 0 Å². The quantitative estimate of drug-likeness (QED) is 0.682. The number of hydrogen-bond donors (Lipinski definition) is 2. The Bertz CT molecular complexity index is 321. The summed E-state index contributed by atoms with van der Waals surface area (Å²) < 4.78 is 30.0. The Morgan fingerprint density at radius 1 is 1.38 bits per heavy atom. The number of ether oxygens (including phenoxy) is 1. The van der Waals surface area contributed by atoms with Crippen molar-refractivity contribution in [1.29, 1.82) is 0 Å². The third kappa shape index (κ3) is 5.43. The average Bonchev–Trinajstić information content (AvgIpc) is 2.26. The largest absolute Gasteiger partial charge is 0.480 e. The summed E-state index contributed by atoms with van der Waals surface area (Å²) in [4.78, 5) is 10.2. The summed E-state index contributed by atoms with van der Waals surface area (Å²) in [5.74, 6) is -0.810. The number of carboxylic acid groups (broad SMARTS) is 1. The average molecular weight is 251 g/mol. The fraction of sp³-hybridized carbons (Fsp3) is 0.889. The lowest BCUT2D eigenvalue weighted by molar-refractivity contribution is -0.135. The monoisotopic (exact) mass is 251 g/mol. The first-order valence-electron chi connectivity index (χ1n) is 5.26. The number of hydrogen-bond acceptors (Lipinski definition) is 4. The molecule has 0 aromatic rings. The Hall–Kier alpha value is -0.660. The van der Waals surface area contributed by atoms with Gasteiger partial charge in [0.25, 0.3) is 0 Å². The molecule has 1 saturated heterocycles. The number of nitrogens with one attached hydrogen (secondary N) is 1. The van der Waals surface area contributed by atoms with Crippen molar-refractivity contribution >= 4 is 16.0 Å². The molecule has 0 spiro atoms. The summed E-state index contributed by atoms with van der Waals surface area (Å²) in [7, 11) is -3.45. The summed E-state index contributed by atoms with van der Waals surface area (Å²) in [6.45, 7) is 0.830. The van der Waals surface area contributed by atoms with Gasteiger partial charge in [0.15, 0.2) is 0 Å². The highest BCUT2D eigenvalue weighted by Gasteiger charge is 2.18. The second kappa shape index (κ2) is 6.17. The van der Waals surface area contributed by atoms with E-state index in [2.05, 4.69) is 0 Å². The van der Waals surface area contributed by atoms with Gasteiger partial charge in [0, 0.05) is 13.2 Å². The Kier molecular flexibility index (Phi) is 5.17. The molecule has 0 aromatic heterocycles. The van der Waals surface area contributed by atoms with E-state index in [0.29, 0.717) is 25.6 Å². The van der Waals surface area contributed by atoms with Crippen molar-refractivity contribution < 1.29 is 23.1 Å². The fourth-order valence-electron chi connectivity index (χ4n) is 1.60. The van der Waals surface area contributed by atoms with Crippen LogP contribution in [-0.4, -0.2) is 45.0 Å². The molecule has 0 atom stereocenters. The van der Waals surface area contributed by atoms with Crippen molar-refractivity contribution in [2.45, 2.75) is 19.3 Å². The van der Waals surface area contributed by atoms with Gasteiger partial charge in [-0.3, -0.25) is 4.79 Å². The van der Waals surface area contributed by atoms with Crippen molar-refractivity contribution in [1.82, 2.24) is 4.72 Å². The van der Waals surface area contributed by atoms with E-state index in [4.69, 9.17) is 9.84 Å². The summed E-state index contributed by atoms with van der Waals surface area (Å²) in [5, 5.41) is 8.35. The van der Waals surface area contributed by atoms with Gasteiger partial charge in [-0.05, 0) is 25.2 Å². The zero-order chi connectivity index (χ0) is 12.0. The van der Waals surface area contributed by atoms with Crippen molar-refractivity contribution in [3.63, 3.8) is 0 Å². The Balaban J connectivity index is 2.26. The molecule has 16 heavy (non-hydrogen) atoms. The maximum absolute atomic E-state index is 11.4. The van der Waals surface area contributed by atoms with Crippen LogP contribution in [0.1, 0.15) is 19.3 Å². The third-order valence-corrected chi connectivity index (χ3v) is 3.94. The molecule has 7 heteroatoms. The molecule has 0 radical (unpaired) electrons. The molecule has 1 heterocycles. The molecule has 1 rings (SSSR count). The smallest absolute Gasteiger partial charge is 0.318 e. The van der Waals surface area contributed by atoms with Crippen LogP contribution in [-0.2, 0) is 19.6 Å². The van der Waals surface area contributed by atoms with Crippen LogP contribution in [0, 0.1) is 5.92 Å². The minimum atomic E-state index is -3.45. The van der Waals surface area contributed by atoms with E-state index in [-0.39, 0.29) is 5.75 Å². The Morgan fingerprint density at radius 3 is 2.56 bits per heavy atom. The molecule has 1 aliphatic rings. The lowest BCUT2D eigenvalue weighted by atomic mass is 9.98. The second-order valence-corrected chi connectivity index (χ2v) is 5.80. The van der Waals surface area contributed by atoms with Crippen molar-refractivity contribution in [3.8, 4) is 0 Å². The van der Waals surface area contributed by atoms with Gasteiger partial charge >= 0.3 is 5.97 Å². The van der Waals surface area contributed by atoms with Crippen molar-refractivity contribution in [2.24, 2.45) is 5.92 Å². The molecular formula is C9H17NO5S. The van der Waals surface area contributed by atoms with Gasteiger partial charge in [-0.15, -0.1) is 0 Å². The second-order valence-electron chi connectivity index (χ2n) is 3.88.